The highest BCUT2D eigenvalue weighted by Gasteiger charge is 1.96. The smallest absolute Gasteiger partial charge is 0.105 e. The Bertz CT molecular complexity index is 94.1. The lowest BCUT2D eigenvalue weighted by Gasteiger charge is -2.04. The first-order valence-electron chi connectivity index (χ1n) is 5.57. The zero-order valence-electron chi connectivity index (χ0n) is 9.18. The van der Waals surface area contributed by atoms with Crippen molar-refractivity contribution >= 4 is 11.2 Å². The van der Waals surface area contributed by atoms with Gasteiger partial charge in [0.25, 0.3) is 0 Å². The highest BCUT2D eigenvalue weighted by atomic mass is 32.2. The van der Waals surface area contributed by atoms with E-state index in [-0.39, 0.29) is 0 Å². The lowest BCUT2D eigenvalue weighted by molar-refractivity contribution is 0.574. The average Bonchev–Trinajstić information content (AvgIpc) is 2.09. The maximum absolute atomic E-state index is 10.7. The van der Waals surface area contributed by atoms with Crippen LogP contribution < -0.4 is 0 Å². The summed E-state index contributed by atoms with van der Waals surface area (Å²) < 4.78 is 10.7. The predicted molar refractivity (Wildman–Crippen MR) is 61.5 cm³/mol. The van der Waals surface area contributed by atoms with Crippen LogP contribution in [0.15, 0.2) is 0 Å². The van der Waals surface area contributed by atoms with Crippen molar-refractivity contribution in [2.45, 2.75) is 58.3 Å². The molecule has 0 radical (unpaired) electrons. The van der Waals surface area contributed by atoms with Crippen LogP contribution in [0.4, 0.5) is 0 Å². The SMILES string of the molecule is CCCCCCCCCC[S+](C)[O-]. The van der Waals surface area contributed by atoms with Crippen LogP contribution in [-0.2, 0) is 11.2 Å². The van der Waals surface area contributed by atoms with Gasteiger partial charge in [-0.25, -0.2) is 0 Å². The van der Waals surface area contributed by atoms with Crippen molar-refractivity contribution in [3.05, 3.63) is 0 Å². The Morgan fingerprint density at radius 2 is 1.31 bits per heavy atom. The number of hydrogen-bond donors (Lipinski definition) is 0. The molecular weight excluding hydrogens is 180 g/mol. The highest BCUT2D eigenvalue weighted by Crippen LogP contribution is 2.08. The molecule has 80 valence electrons. The summed E-state index contributed by atoms with van der Waals surface area (Å²) in [4.78, 5) is 0. The summed E-state index contributed by atoms with van der Waals surface area (Å²) in [7, 11) is 0. The summed E-state index contributed by atoms with van der Waals surface area (Å²) in [5.41, 5.74) is 0. The monoisotopic (exact) mass is 204 g/mol. The molecule has 0 amide bonds. The van der Waals surface area contributed by atoms with Crippen LogP contribution in [0, 0.1) is 0 Å². The van der Waals surface area contributed by atoms with Crippen molar-refractivity contribution in [2.24, 2.45) is 0 Å². The summed E-state index contributed by atoms with van der Waals surface area (Å²) in [6.07, 6.45) is 12.4. The summed E-state index contributed by atoms with van der Waals surface area (Å²) in [6.45, 7) is 2.25. The molecule has 0 rings (SSSR count). The molecule has 0 aromatic rings. The maximum atomic E-state index is 10.7. The molecule has 0 aromatic heterocycles. The average molecular weight is 204 g/mol. The standard InChI is InChI=1S/C11H24OS/c1-3-4-5-6-7-8-9-10-11-13(2)12/h3-11H2,1-2H3. The third kappa shape index (κ3) is 12.3. The minimum Gasteiger partial charge on any atom is -0.617 e. The Labute approximate surface area is 86.5 Å². The van der Waals surface area contributed by atoms with Gasteiger partial charge in [-0.1, -0.05) is 56.6 Å². The minimum absolute atomic E-state index is 0.576. The van der Waals surface area contributed by atoms with Gasteiger partial charge in [0, 0.05) is 0 Å². The molecule has 1 nitrogen and oxygen atoms in total. The van der Waals surface area contributed by atoms with Gasteiger partial charge in [-0.2, -0.15) is 0 Å². The molecule has 1 atom stereocenters. The van der Waals surface area contributed by atoms with Crippen LogP contribution in [0.25, 0.3) is 0 Å². The largest absolute Gasteiger partial charge is 0.617 e. The molecule has 0 spiro atoms. The second-order valence-electron chi connectivity index (χ2n) is 3.75. The molecule has 0 N–H and O–H groups in total. The van der Waals surface area contributed by atoms with Gasteiger partial charge in [0.05, 0.1) is 6.26 Å². The number of hydrogen-bond acceptors (Lipinski definition) is 1. The van der Waals surface area contributed by atoms with E-state index in [1.165, 1.54) is 44.9 Å². The molecule has 0 aliphatic rings. The fourth-order valence-electron chi connectivity index (χ4n) is 1.44. The first-order chi connectivity index (χ1) is 6.27. The van der Waals surface area contributed by atoms with Gasteiger partial charge in [0.2, 0.25) is 0 Å². The Kier molecular flexibility index (Phi) is 10.6. The van der Waals surface area contributed by atoms with E-state index in [1.807, 2.05) is 0 Å². The van der Waals surface area contributed by atoms with E-state index >= 15 is 0 Å². The fourth-order valence-corrected chi connectivity index (χ4v) is 2.05. The Morgan fingerprint density at radius 1 is 0.846 bits per heavy atom. The van der Waals surface area contributed by atoms with Crippen LogP contribution in [0.2, 0.25) is 0 Å². The number of unbranched alkanes of at least 4 members (excludes halogenated alkanes) is 7. The highest BCUT2D eigenvalue weighted by molar-refractivity contribution is 7.90. The normalized spacial score (nSPS) is 13.2. The van der Waals surface area contributed by atoms with Crippen molar-refractivity contribution in [1.29, 1.82) is 0 Å². The topological polar surface area (TPSA) is 23.1 Å². The van der Waals surface area contributed by atoms with Gasteiger partial charge in [0.1, 0.15) is 5.75 Å². The van der Waals surface area contributed by atoms with E-state index in [2.05, 4.69) is 6.92 Å². The fraction of sp³-hybridized carbons (Fsp3) is 1.00. The van der Waals surface area contributed by atoms with Crippen molar-refractivity contribution in [3.63, 3.8) is 0 Å². The lowest BCUT2D eigenvalue weighted by atomic mass is 10.1. The molecule has 0 aromatic carbocycles. The van der Waals surface area contributed by atoms with E-state index in [0.717, 1.165) is 12.2 Å². The van der Waals surface area contributed by atoms with E-state index in [9.17, 15) is 4.55 Å². The van der Waals surface area contributed by atoms with E-state index in [0.29, 0.717) is 0 Å². The summed E-state index contributed by atoms with van der Waals surface area (Å²) in [5, 5.41) is 0. The predicted octanol–water partition coefficient (Wildman–Crippen LogP) is 3.51. The van der Waals surface area contributed by atoms with Crippen molar-refractivity contribution in [3.8, 4) is 0 Å². The second kappa shape index (κ2) is 10.4. The van der Waals surface area contributed by atoms with Crippen LogP contribution in [0.1, 0.15) is 58.3 Å². The molecular formula is C11H24OS. The van der Waals surface area contributed by atoms with E-state index in [4.69, 9.17) is 0 Å². The van der Waals surface area contributed by atoms with Gasteiger partial charge < -0.3 is 4.55 Å². The van der Waals surface area contributed by atoms with Crippen molar-refractivity contribution in [1.82, 2.24) is 0 Å². The second-order valence-corrected chi connectivity index (χ2v) is 5.31. The third-order valence-electron chi connectivity index (χ3n) is 2.29. The molecule has 0 fully saturated rings. The zero-order valence-corrected chi connectivity index (χ0v) is 10.00. The van der Waals surface area contributed by atoms with Gasteiger partial charge in [-0.05, 0) is 12.8 Å². The van der Waals surface area contributed by atoms with E-state index < -0.39 is 11.2 Å². The molecule has 0 bridgehead atoms. The van der Waals surface area contributed by atoms with Gasteiger partial charge >= 0.3 is 0 Å². The van der Waals surface area contributed by atoms with Crippen molar-refractivity contribution < 1.29 is 4.55 Å². The first-order valence-corrected chi connectivity index (χ1v) is 7.30. The molecule has 0 saturated heterocycles. The molecule has 2 heteroatoms. The first kappa shape index (κ1) is 13.3. The molecule has 1 unspecified atom stereocenters. The maximum Gasteiger partial charge on any atom is 0.105 e. The molecule has 13 heavy (non-hydrogen) atoms. The van der Waals surface area contributed by atoms with Crippen LogP contribution >= 0.6 is 0 Å². The van der Waals surface area contributed by atoms with Gasteiger partial charge in [-0.3, -0.25) is 0 Å². The van der Waals surface area contributed by atoms with Crippen LogP contribution in [0.5, 0.6) is 0 Å². The van der Waals surface area contributed by atoms with E-state index in [1.54, 1.807) is 6.26 Å². The molecule has 0 saturated carbocycles. The Balaban J connectivity index is 2.84. The molecule has 0 aliphatic heterocycles. The van der Waals surface area contributed by atoms with Crippen LogP contribution in [0.3, 0.4) is 0 Å². The lowest BCUT2D eigenvalue weighted by Crippen LogP contribution is -2.02. The summed E-state index contributed by atoms with van der Waals surface area (Å²) in [6, 6.07) is 0. The minimum atomic E-state index is -0.576. The Hall–Kier alpha value is 0.310. The third-order valence-corrected chi connectivity index (χ3v) is 3.15. The van der Waals surface area contributed by atoms with Gasteiger partial charge in [0.15, 0.2) is 0 Å². The number of rotatable bonds is 9. The molecule has 0 aliphatic carbocycles. The molecule has 0 heterocycles. The zero-order chi connectivity index (χ0) is 9.94. The Morgan fingerprint density at radius 3 is 1.77 bits per heavy atom. The van der Waals surface area contributed by atoms with Crippen LogP contribution in [-0.4, -0.2) is 16.6 Å². The summed E-state index contributed by atoms with van der Waals surface area (Å²) >= 11 is -0.576. The van der Waals surface area contributed by atoms with Crippen molar-refractivity contribution in [2.75, 3.05) is 12.0 Å². The quantitative estimate of drug-likeness (QED) is 0.416. The van der Waals surface area contributed by atoms with Gasteiger partial charge in [-0.15, -0.1) is 0 Å². The summed E-state index contributed by atoms with van der Waals surface area (Å²) in [5.74, 6) is 0.898.